The summed E-state index contributed by atoms with van der Waals surface area (Å²) < 4.78 is 14.9. The molecular formula is C14H29NO4. The fourth-order valence-electron chi connectivity index (χ4n) is 1.60. The second kappa shape index (κ2) is 11.2. The molecule has 1 aliphatic heterocycles. The summed E-state index contributed by atoms with van der Waals surface area (Å²) in [4.78, 5) is 9.60. The van der Waals surface area contributed by atoms with Gasteiger partial charge in [-0.05, 0) is 46.1 Å². The first-order valence-corrected chi connectivity index (χ1v) is 6.88. The van der Waals surface area contributed by atoms with Crippen LogP contribution in [-0.4, -0.2) is 52.1 Å². The number of ether oxygens (including phenoxy) is 3. The van der Waals surface area contributed by atoms with Crippen LogP contribution >= 0.6 is 0 Å². The highest BCUT2D eigenvalue weighted by molar-refractivity contribution is 5.37. The lowest BCUT2D eigenvalue weighted by Gasteiger charge is -2.22. The van der Waals surface area contributed by atoms with E-state index in [9.17, 15) is 4.79 Å². The van der Waals surface area contributed by atoms with E-state index in [0.29, 0.717) is 13.1 Å². The van der Waals surface area contributed by atoms with Crippen molar-refractivity contribution in [2.75, 3.05) is 40.0 Å². The molecule has 1 N–H and O–H groups in total. The average molecular weight is 275 g/mol. The Labute approximate surface area is 117 Å². The van der Waals surface area contributed by atoms with Gasteiger partial charge in [0.05, 0.1) is 19.8 Å². The number of hydrogen-bond donors (Lipinski definition) is 1. The van der Waals surface area contributed by atoms with E-state index < -0.39 is 0 Å². The zero-order chi connectivity index (χ0) is 14.6. The summed E-state index contributed by atoms with van der Waals surface area (Å²) in [7, 11) is 1.70. The molecule has 114 valence electrons. The van der Waals surface area contributed by atoms with Crippen LogP contribution in [0.25, 0.3) is 0 Å². The molecule has 0 spiro atoms. The molecule has 1 rings (SSSR count). The summed E-state index contributed by atoms with van der Waals surface area (Å²) in [6, 6.07) is 0. The molecule has 0 aromatic rings. The molecule has 1 heterocycles. The molecule has 1 aliphatic rings. The van der Waals surface area contributed by atoms with Gasteiger partial charge in [0.15, 0.2) is 0 Å². The van der Waals surface area contributed by atoms with Crippen molar-refractivity contribution in [2.24, 2.45) is 5.92 Å². The molecule has 0 radical (unpaired) electrons. The predicted octanol–water partition coefficient (Wildman–Crippen LogP) is 1.61. The van der Waals surface area contributed by atoms with Crippen LogP contribution in [0.4, 0.5) is 0 Å². The van der Waals surface area contributed by atoms with Crippen molar-refractivity contribution in [1.82, 2.24) is 5.32 Å². The minimum Gasteiger partial charge on any atom is -0.462 e. The van der Waals surface area contributed by atoms with Crippen molar-refractivity contribution in [1.29, 1.82) is 0 Å². The molecule has 19 heavy (non-hydrogen) atoms. The fourth-order valence-corrected chi connectivity index (χ4v) is 1.60. The van der Waals surface area contributed by atoms with Gasteiger partial charge in [0.1, 0.15) is 5.60 Å². The monoisotopic (exact) mass is 275 g/mol. The Kier molecular flexibility index (Phi) is 10.8. The van der Waals surface area contributed by atoms with Gasteiger partial charge in [-0.15, -0.1) is 0 Å². The smallest absolute Gasteiger partial charge is 0.293 e. The van der Waals surface area contributed by atoms with E-state index in [1.54, 1.807) is 7.11 Å². The van der Waals surface area contributed by atoms with E-state index in [1.165, 1.54) is 19.4 Å². The Hall–Kier alpha value is -0.650. The normalized spacial score (nSPS) is 19.3. The van der Waals surface area contributed by atoms with Crippen molar-refractivity contribution in [3.63, 3.8) is 0 Å². The molecule has 1 atom stereocenters. The van der Waals surface area contributed by atoms with Crippen LogP contribution in [-0.2, 0) is 19.0 Å². The van der Waals surface area contributed by atoms with Crippen molar-refractivity contribution in [3.8, 4) is 0 Å². The lowest BCUT2D eigenvalue weighted by molar-refractivity contribution is -0.138. The largest absolute Gasteiger partial charge is 0.462 e. The van der Waals surface area contributed by atoms with Crippen LogP contribution in [0.1, 0.15) is 33.6 Å². The molecule has 0 aliphatic carbocycles. The van der Waals surface area contributed by atoms with Gasteiger partial charge in [0.25, 0.3) is 6.47 Å². The Morgan fingerprint density at radius 2 is 2.05 bits per heavy atom. The zero-order valence-corrected chi connectivity index (χ0v) is 12.7. The van der Waals surface area contributed by atoms with Crippen molar-refractivity contribution >= 4 is 6.47 Å². The lowest BCUT2D eigenvalue weighted by atomic mass is 10.0. The maximum atomic E-state index is 9.60. The first kappa shape index (κ1) is 18.4. The predicted molar refractivity (Wildman–Crippen MR) is 75.2 cm³/mol. The third kappa shape index (κ3) is 13.6. The molecule has 1 fully saturated rings. The molecule has 5 heteroatoms. The quantitative estimate of drug-likeness (QED) is 0.589. The Morgan fingerprint density at radius 1 is 1.32 bits per heavy atom. The van der Waals surface area contributed by atoms with E-state index in [0.717, 1.165) is 25.7 Å². The molecule has 5 nitrogen and oxygen atoms in total. The maximum Gasteiger partial charge on any atom is 0.293 e. The minimum absolute atomic E-state index is 0.318. The minimum atomic E-state index is -0.318. The Balaban J connectivity index is 0.000000399. The summed E-state index contributed by atoms with van der Waals surface area (Å²) in [5, 5.41) is 3.36. The Morgan fingerprint density at radius 3 is 2.47 bits per heavy atom. The van der Waals surface area contributed by atoms with Crippen molar-refractivity contribution in [2.45, 2.75) is 39.2 Å². The van der Waals surface area contributed by atoms with Gasteiger partial charge in [0.2, 0.25) is 0 Å². The van der Waals surface area contributed by atoms with E-state index >= 15 is 0 Å². The summed E-state index contributed by atoms with van der Waals surface area (Å²) in [5.74, 6) is 0.718. The van der Waals surface area contributed by atoms with E-state index in [2.05, 4.69) is 10.1 Å². The van der Waals surface area contributed by atoms with E-state index in [1.807, 2.05) is 20.8 Å². The van der Waals surface area contributed by atoms with Gasteiger partial charge in [-0.3, -0.25) is 4.79 Å². The third-order valence-electron chi connectivity index (χ3n) is 2.59. The van der Waals surface area contributed by atoms with Gasteiger partial charge in [-0.1, -0.05) is 0 Å². The molecule has 0 amide bonds. The maximum absolute atomic E-state index is 9.60. The highest BCUT2D eigenvalue weighted by Crippen LogP contribution is 2.09. The summed E-state index contributed by atoms with van der Waals surface area (Å²) in [5.41, 5.74) is -0.318. The SMILES string of the molecule is CC(C)(C)OC=O.COCCOCC1CCCNC1. The first-order valence-electron chi connectivity index (χ1n) is 6.88. The van der Waals surface area contributed by atoms with Crippen LogP contribution in [0.2, 0.25) is 0 Å². The molecule has 0 aromatic carbocycles. The average Bonchev–Trinajstić information content (AvgIpc) is 2.35. The molecule has 0 saturated carbocycles. The van der Waals surface area contributed by atoms with Crippen molar-refractivity contribution in [3.05, 3.63) is 0 Å². The number of nitrogens with one attached hydrogen (secondary N) is 1. The molecule has 1 unspecified atom stereocenters. The number of rotatable bonds is 6. The third-order valence-corrected chi connectivity index (χ3v) is 2.59. The second-order valence-corrected chi connectivity index (χ2v) is 5.61. The Bertz CT molecular complexity index is 210. The molecule has 0 bridgehead atoms. The number of hydrogen-bond acceptors (Lipinski definition) is 5. The molecular weight excluding hydrogens is 246 g/mol. The standard InChI is InChI=1S/C9H19NO2.C5H10O2/c1-11-5-6-12-8-9-3-2-4-10-7-9;1-5(2,3)7-4-6/h9-10H,2-8H2,1H3;4H,1-3H3. The number of carbonyl (C=O) groups excluding carboxylic acids is 1. The van der Waals surface area contributed by atoms with Crippen LogP contribution < -0.4 is 5.32 Å². The highest BCUT2D eigenvalue weighted by atomic mass is 16.5. The van der Waals surface area contributed by atoms with Crippen LogP contribution in [0.15, 0.2) is 0 Å². The lowest BCUT2D eigenvalue weighted by Crippen LogP contribution is -2.32. The van der Waals surface area contributed by atoms with Gasteiger partial charge in [-0.25, -0.2) is 0 Å². The van der Waals surface area contributed by atoms with Gasteiger partial charge in [-0.2, -0.15) is 0 Å². The topological polar surface area (TPSA) is 56.8 Å². The summed E-state index contributed by atoms with van der Waals surface area (Å²) >= 11 is 0. The van der Waals surface area contributed by atoms with Crippen LogP contribution in [0.5, 0.6) is 0 Å². The number of methoxy groups -OCH3 is 1. The number of carbonyl (C=O) groups is 1. The number of piperidine rings is 1. The van der Waals surface area contributed by atoms with Crippen LogP contribution in [0.3, 0.4) is 0 Å². The van der Waals surface area contributed by atoms with Crippen molar-refractivity contribution < 1.29 is 19.0 Å². The van der Waals surface area contributed by atoms with E-state index in [-0.39, 0.29) is 5.60 Å². The second-order valence-electron chi connectivity index (χ2n) is 5.61. The fraction of sp³-hybridized carbons (Fsp3) is 0.929. The van der Waals surface area contributed by atoms with Gasteiger partial charge in [0, 0.05) is 13.7 Å². The highest BCUT2D eigenvalue weighted by Gasteiger charge is 2.12. The first-order chi connectivity index (χ1) is 8.99. The zero-order valence-electron chi connectivity index (χ0n) is 12.7. The summed E-state index contributed by atoms with van der Waals surface area (Å²) in [6.07, 6.45) is 2.60. The van der Waals surface area contributed by atoms with Gasteiger partial charge < -0.3 is 19.5 Å². The van der Waals surface area contributed by atoms with Crippen LogP contribution in [0, 0.1) is 5.92 Å². The summed E-state index contributed by atoms with van der Waals surface area (Å²) in [6.45, 7) is 10.5. The van der Waals surface area contributed by atoms with Gasteiger partial charge >= 0.3 is 0 Å². The molecule has 1 saturated heterocycles. The van der Waals surface area contributed by atoms with E-state index in [4.69, 9.17) is 9.47 Å². The molecule has 0 aromatic heterocycles.